The SMILES string of the molecule is CC(C)(C)c1ccc([SH2+])cc1.CC(C)(C)c1ccc([SH2+])cc1.O=S(=O)([O-])CCS(=O)(=O)[O-]. The van der Waals surface area contributed by atoms with E-state index in [-0.39, 0.29) is 10.8 Å². The number of benzene rings is 2. The molecule has 0 bridgehead atoms. The highest BCUT2D eigenvalue weighted by Crippen LogP contribution is 2.22. The molecule has 0 amide bonds. The van der Waals surface area contributed by atoms with Gasteiger partial charge in [-0.05, 0) is 71.5 Å². The molecule has 0 spiro atoms. The van der Waals surface area contributed by atoms with Crippen LogP contribution in [0.4, 0.5) is 0 Å². The summed E-state index contributed by atoms with van der Waals surface area (Å²) in [6, 6.07) is 16.9. The molecule has 0 aromatic heterocycles. The van der Waals surface area contributed by atoms with E-state index in [4.69, 9.17) is 0 Å². The molecule has 0 aliphatic rings. The van der Waals surface area contributed by atoms with E-state index in [9.17, 15) is 25.9 Å². The zero-order chi connectivity index (χ0) is 25.4. The van der Waals surface area contributed by atoms with Crippen LogP contribution in [0.2, 0.25) is 0 Å². The van der Waals surface area contributed by atoms with Gasteiger partial charge in [-0.3, -0.25) is 0 Å². The van der Waals surface area contributed by atoms with E-state index in [0.717, 1.165) is 9.79 Å². The lowest BCUT2D eigenvalue weighted by molar-refractivity contribution is 0.452. The van der Waals surface area contributed by atoms with Crippen molar-refractivity contribution in [1.82, 2.24) is 0 Å². The first-order valence-corrected chi connectivity index (χ1v) is 13.9. The lowest BCUT2D eigenvalue weighted by Gasteiger charge is -2.18. The van der Waals surface area contributed by atoms with Crippen molar-refractivity contribution >= 4 is 45.5 Å². The quantitative estimate of drug-likeness (QED) is 0.452. The average Bonchev–Trinajstić information content (AvgIpc) is 2.59. The van der Waals surface area contributed by atoms with Gasteiger partial charge in [0.25, 0.3) is 0 Å². The summed E-state index contributed by atoms with van der Waals surface area (Å²) >= 11 is 6.92. The molecule has 2 aromatic carbocycles. The molecule has 182 valence electrons. The van der Waals surface area contributed by atoms with Crippen molar-refractivity contribution in [2.45, 2.75) is 62.2 Å². The standard InChI is InChI=1S/2C10H14S.C2H6O6S2/c2*1-10(2,3)8-4-6-9(11)7-5-8;3-9(4,5)1-2-10(6,7)8/h2*4-7,11H,1-3H3;1-2H2,(H,3,4,5)(H,6,7,8). The van der Waals surface area contributed by atoms with Gasteiger partial charge < -0.3 is 9.11 Å². The third-order valence-electron chi connectivity index (χ3n) is 4.09. The van der Waals surface area contributed by atoms with Crippen molar-refractivity contribution in [2.24, 2.45) is 0 Å². The van der Waals surface area contributed by atoms with Crippen molar-refractivity contribution in [1.29, 1.82) is 0 Å². The largest absolute Gasteiger partial charge is 0.748 e. The van der Waals surface area contributed by atoms with Gasteiger partial charge >= 0.3 is 0 Å². The molecule has 0 unspecified atom stereocenters. The molecule has 0 N–H and O–H groups in total. The third-order valence-corrected chi connectivity index (χ3v) is 6.42. The summed E-state index contributed by atoms with van der Waals surface area (Å²) in [6.07, 6.45) is 0. The Morgan fingerprint density at radius 3 is 0.969 bits per heavy atom. The van der Waals surface area contributed by atoms with Gasteiger partial charge in [-0.15, -0.1) is 0 Å². The van der Waals surface area contributed by atoms with Gasteiger partial charge in [-0.2, -0.15) is 0 Å². The zero-order valence-electron chi connectivity index (χ0n) is 19.3. The minimum Gasteiger partial charge on any atom is -0.748 e. The number of rotatable bonds is 3. The number of hydrogen-bond donors (Lipinski definition) is 0. The van der Waals surface area contributed by atoms with E-state index in [1.807, 2.05) is 0 Å². The van der Waals surface area contributed by atoms with Crippen molar-refractivity contribution in [3.8, 4) is 0 Å². The molecule has 0 saturated carbocycles. The molecule has 2 rings (SSSR count). The van der Waals surface area contributed by atoms with Crippen LogP contribution in [0.3, 0.4) is 0 Å². The maximum atomic E-state index is 9.72. The van der Waals surface area contributed by atoms with E-state index < -0.39 is 31.7 Å². The third kappa shape index (κ3) is 15.7. The maximum absolute atomic E-state index is 9.72. The summed E-state index contributed by atoms with van der Waals surface area (Å²) in [5.41, 5.74) is 3.28. The number of hydrogen-bond acceptors (Lipinski definition) is 6. The molecule has 2 aromatic rings. The van der Waals surface area contributed by atoms with Crippen molar-refractivity contribution < 1.29 is 25.9 Å². The second-order valence-electron chi connectivity index (χ2n) is 9.18. The smallest absolute Gasteiger partial charge is 0.150 e. The van der Waals surface area contributed by atoms with E-state index in [1.165, 1.54) is 11.1 Å². The summed E-state index contributed by atoms with van der Waals surface area (Å²) < 4.78 is 58.3. The Hall–Kier alpha value is -1.04. The Bertz CT molecular complexity index is 942. The Balaban J connectivity index is 0.000000452. The average molecular weight is 523 g/mol. The van der Waals surface area contributed by atoms with Gasteiger partial charge in [0.15, 0.2) is 0 Å². The molecule has 0 fully saturated rings. The molecule has 0 radical (unpaired) electrons. The summed E-state index contributed by atoms with van der Waals surface area (Å²) in [5, 5.41) is 0. The van der Waals surface area contributed by atoms with Crippen LogP contribution in [0.1, 0.15) is 52.7 Å². The van der Waals surface area contributed by atoms with Gasteiger partial charge in [0, 0.05) is 0 Å². The van der Waals surface area contributed by atoms with Crippen LogP contribution in [-0.4, -0.2) is 37.4 Å². The molecule has 0 aliphatic carbocycles. The second kappa shape index (κ2) is 12.4. The van der Waals surface area contributed by atoms with Gasteiger partial charge in [-0.25, -0.2) is 16.8 Å². The van der Waals surface area contributed by atoms with Crippen LogP contribution >= 0.6 is 0 Å². The molecule has 0 heterocycles. The lowest BCUT2D eigenvalue weighted by Crippen LogP contribution is -2.15. The molecule has 10 heteroatoms. The summed E-state index contributed by atoms with van der Waals surface area (Å²) in [4.78, 5) is 2.27. The highest BCUT2D eigenvalue weighted by Gasteiger charge is 2.13. The van der Waals surface area contributed by atoms with E-state index >= 15 is 0 Å². The fourth-order valence-electron chi connectivity index (χ4n) is 2.14. The Morgan fingerprint density at radius 2 is 0.812 bits per heavy atom. The molecule has 0 aliphatic heterocycles. The zero-order valence-corrected chi connectivity index (χ0v) is 22.9. The van der Waals surface area contributed by atoms with Crippen LogP contribution in [0, 0.1) is 0 Å². The predicted molar refractivity (Wildman–Crippen MR) is 136 cm³/mol. The van der Waals surface area contributed by atoms with Gasteiger partial charge in [-0.1, -0.05) is 65.8 Å². The normalized spacial score (nSPS) is 12.2. The van der Waals surface area contributed by atoms with E-state index in [0.29, 0.717) is 0 Å². The van der Waals surface area contributed by atoms with Gasteiger partial charge in [0.1, 0.15) is 9.79 Å². The van der Waals surface area contributed by atoms with Gasteiger partial charge in [0.2, 0.25) is 0 Å². The highest BCUT2D eigenvalue weighted by molar-refractivity contribution is 7.89. The van der Waals surface area contributed by atoms with Crippen molar-refractivity contribution in [3.63, 3.8) is 0 Å². The monoisotopic (exact) mass is 522 g/mol. The van der Waals surface area contributed by atoms with Crippen LogP contribution < -0.4 is 0 Å². The van der Waals surface area contributed by atoms with Crippen LogP contribution in [0.25, 0.3) is 0 Å². The van der Waals surface area contributed by atoms with Crippen molar-refractivity contribution in [3.05, 3.63) is 59.7 Å². The van der Waals surface area contributed by atoms with Crippen LogP contribution in [-0.2, 0) is 56.3 Å². The minimum absolute atomic E-state index is 0.264. The Labute approximate surface area is 204 Å². The van der Waals surface area contributed by atoms with Gasteiger partial charge in [0.05, 0.1) is 31.7 Å². The topological polar surface area (TPSA) is 114 Å². The molecule has 0 saturated heterocycles. The Kier molecular flexibility index (Phi) is 12.0. The Morgan fingerprint density at radius 1 is 0.594 bits per heavy atom. The molecule has 6 nitrogen and oxygen atoms in total. The maximum Gasteiger partial charge on any atom is 0.150 e. The molecule has 0 atom stereocenters. The minimum atomic E-state index is -4.59. The van der Waals surface area contributed by atoms with E-state index in [2.05, 4.69) is 115 Å². The lowest BCUT2D eigenvalue weighted by atomic mass is 9.87. The summed E-state index contributed by atoms with van der Waals surface area (Å²) in [6.45, 7) is 13.3. The predicted octanol–water partition coefficient (Wildman–Crippen LogP) is 2.79. The molecular weight excluding hydrogens is 489 g/mol. The fraction of sp³-hybridized carbons (Fsp3) is 0.455. The first kappa shape index (κ1) is 31.0. The first-order valence-electron chi connectivity index (χ1n) is 9.72. The highest BCUT2D eigenvalue weighted by atomic mass is 32.2. The molecule has 32 heavy (non-hydrogen) atoms. The summed E-state index contributed by atoms with van der Waals surface area (Å²) in [5.74, 6) is -2.31. The fourth-order valence-corrected chi connectivity index (χ4v) is 4.11. The molecular formula is C22H34O6S4. The van der Waals surface area contributed by atoms with E-state index in [1.54, 1.807) is 0 Å². The van der Waals surface area contributed by atoms with Crippen molar-refractivity contribution in [2.75, 3.05) is 11.5 Å². The summed E-state index contributed by atoms with van der Waals surface area (Å²) in [7, 11) is -9.17. The van der Waals surface area contributed by atoms with Crippen LogP contribution in [0.15, 0.2) is 58.3 Å². The second-order valence-corrected chi connectivity index (χ2v) is 13.4. The first-order chi connectivity index (χ1) is 14.2. The van der Waals surface area contributed by atoms with Crippen LogP contribution in [0.5, 0.6) is 0 Å².